The van der Waals surface area contributed by atoms with Gasteiger partial charge in [-0.05, 0) is 48.4 Å². The summed E-state index contributed by atoms with van der Waals surface area (Å²) in [6.45, 7) is 0.433. The molecule has 0 saturated heterocycles. The van der Waals surface area contributed by atoms with Crippen LogP contribution in [0.25, 0.3) is 11.5 Å². The van der Waals surface area contributed by atoms with Crippen molar-refractivity contribution in [1.82, 2.24) is 15.5 Å². The van der Waals surface area contributed by atoms with Gasteiger partial charge in [-0.2, -0.15) is 0 Å². The van der Waals surface area contributed by atoms with Crippen molar-refractivity contribution in [3.05, 3.63) is 64.9 Å². The molecule has 3 rings (SSSR count). The molecule has 0 radical (unpaired) electrons. The van der Waals surface area contributed by atoms with E-state index in [9.17, 15) is 9.18 Å². The maximum atomic E-state index is 13.1. The summed E-state index contributed by atoms with van der Waals surface area (Å²) in [5.41, 5.74) is 1.59. The summed E-state index contributed by atoms with van der Waals surface area (Å²) in [6.07, 6.45) is 0.565. The van der Waals surface area contributed by atoms with Gasteiger partial charge < -0.3 is 9.73 Å². The van der Waals surface area contributed by atoms with Crippen molar-refractivity contribution >= 4 is 29.3 Å². The van der Waals surface area contributed by atoms with Gasteiger partial charge in [0.15, 0.2) is 0 Å². The number of hydrogen-bond acceptors (Lipinski definition) is 5. The van der Waals surface area contributed by atoms with Crippen LogP contribution >= 0.6 is 23.4 Å². The van der Waals surface area contributed by atoms with E-state index in [1.807, 2.05) is 6.07 Å². The average molecular weight is 392 g/mol. The summed E-state index contributed by atoms with van der Waals surface area (Å²) >= 11 is 7.00. The number of aromatic nitrogens is 2. The highest BCUT2D eigenvalue weighted by Gasteiger charge is 2.11. The molecule has 0 unspecified atom stereocenters. The highest BCUT2D eigenvalue weighted by Crippen LogP contribution is 2.24. The minimum atomic E-state index is -0.280. The van der Waals surface area contributed by atoms with Crippen LogP contribution in [0.4, 0.5) is 4.39 Å². The molecule has 0 aliphatic heterocycles. The highest BCUT2D eigenvalue weighted by molar-refractivity contribution is 7.99. The first-order valence-corrected chi connectivity index (χ1v) is 9.20. The van der Waals surface area contributed by atoms with Gasteiger partial charge in [-0.25, -0.2) is 4.39 Å². The molecule has 2 aromatic carbocycles. The zero-order valence-corrected chi connectivity index (χ0v) is 15.2. The van der Waals surface area contributed by atoms with E-state index in [-0.39, 0.29) is 17.5 Å². The number of carbonyl (C=O) groups excluding carboxylic acids is 1. The first-order chi connectivity index (χ1) is 12.6. The predicted molar refractivity (Wildman–Crippen MR) is 98.6 cm³/mol. The second-order valence-corrected chi connectivity index (χ2v) is 6.76. The Morgan fingerprint density at radius 3 is 2.77 bits per heavy atom. The van der Waals surface area contributed by atoms with Crippen molar-refractivity contribution < 1.29 is 13.6 Å². The van der Waals surface area contributed by atoms with Crippen molar-refractivity contribution in [1.29, 1.82) is 0 Å². The van der Waals surface area contributed by atoms with Crippen molar-refractivity contribution in [2.24, 2.45) is 0 Å². The van der Waals surface area contributed by atoms with E-state index in [0.29, 0.717) is 29.1 Å². The summed E-state index contributed by atoms with van der Waals surface area (Å²) in [4.78, 5) is 11.9. The molecule has 0 aliphatic rings. The lowest BCUT2D eigenvalue weighted by molar-refractivity contribution is -0.118. The minimum absolute atomic E-state index is 0.155. The van der Waals surface area contributed by atoms with Gasteiger partial charge >= 0.3 is 0 Å². The molecule has 1 N–H and O–H groups in total. The van der Waals surface area contributed by atoms with Crippen LogP contribution in [0, 0.1) is 5.82 Å². The molecule has 1 heterocycles. The second-order valence-electron chi connectivity index (χ2n) is 5.40. The van der Waals surface area contributed by atoms with Crippen LogP contribution in [-0.2, 0) is 11.2 Å². The molecule has 0 atom stereocenters. The number of thioether (sulfide) groups is 1. The van der Waals surface area contributed by atoms with Gasteiger partial charge in [-0.15, -0.1) is 10.2 Å². The fraction of sp³-hybridized carbons (Fsp3) is 0.167. The van der Waals surface area contributed by atoms with Crippen molar-refractivity contribution in [3.8, 4) is 11.5 Å². The lowest BCUT2D eigenvalue weighted by atomic mass is 10.1. The van der Waals surface area contributed by atoms with Gasteiger partial charge in [0.1, 0.15) is 5.82 Å². The Morgan fingerprint density at radius 2 is 2.00 bits per heavy atom. The molecule has 1 aromatic heterocycles. The third-order valence-electron chi connectivity index (χ3n) is 3.45. The maximum Gasteiger partial charge on any atom is 0.277 e. The van der Waals surface area contributed by atoms with Gasteiger partial charge in [-0.1, -0.05) is 35.5 Å². The fourth-order valence-electron chi connectivity index (χ4n) is 2.19. The first-order valence-electron chi connectivity index (χ1n) is 7.83. The average Bonchev–Trinajstić information content (AvgIpc) is 3.10. The number of carbonyl (C=O) groups is 1. The lowest BCUT2D eigenvalue weighted by Crippen LogP contribution is -2.27. The summed E-state index contributed by atoms with van der Waals surface area (Å²) < 4.78 is 18.6. The van der Waals surface area contributed by atoms with E-state index in [0.717, 1.165) is 22.9 Å². The number of benzene rings is 2. The molecule has 1 amide bonds. The number of halogens is 2. The molecule has 0 bridgehead atoms. The number of amides is 1. The first kappa shape index (κ1) is 18.4. The molecule has 5 nitrogen and oxygen atoms in total. The van der Waals surface area contributed by atoms with Crippen molar-refractivity contribution in [2.75, 3.05) is 12.3 Å². The molecule has 8 heteroatoms. The summed E-state index contributed by atoms with van der Waals surface area (Å²) in [6, 6.07) is 13.3. The van der Waals surface area contributed by atoms with Crippen LogP contribution in [0.5, 0.6) is 0 Å². The van der Waals surface area contributed by atoms with E-state index in [1.54, 1.807) is 30.3 Å². The monoisotopic (exact) mass is 391 g/mol. The van der Waals surface area contributed by atoms with Crippen LogP contribution in [-0.4, -0.2) is 28.4 Å². The fourth-order valence-corrected chi connectivity index (χ4v) is 2.91. The van der Waals surface area contributed by atoms with Gasteiger partial charge in [0.25, 0.3) is 5.22 Å². The van der Waals surface area contributed by atoms with Gasteiger partial charge in [-0.3, -0.25) is 4.79 Å². The number of rotatable bonds is 7. The third-order valence-corrected chi connectivity index (χ3v) is 4.52. The van der Waals surface area contributed by atoms with E-state index in [1.165, 1.54) is 12.1 Å². The van der Waals surface area contributed by atoms with Crippen molar-refractivity contribution in [2.45, 2.75) is 11.6 Å². The summed E-state index contributed by atoms with van der Waals surface area (Å²) in [7, 11) is 0. The number of hydrogen-bond donors (Lipinski definition) is 1. The Morgan fingerprint density at radius 1 is 1.19 bits per heavy atom. The molecular formula is C18H15ClFN3O2S. The Labute approximate surface area is 159 Å². The van der Waals surface area contributed by atoms with Gasteiger partial charge in [0.2, 0.25) is 11.8 Å². The normalized spacial score (nSPS) is 10.7. The topological polar surface area (TPSA) is 68.0 Å². The quantitative estimate of drug-likeness (QED) is 0.617. The maximum absolute atomic E-state index is 13.1. The molecule has 3 aromatic rings. The molecule has 0 saturated carbocycles. The zero-order chi connectivity index (χ0) is 18.4. The summed E-state index contributed by atoms with van der Waals surface area (Å²) in [5.74, 6) is 0.0939. The van der Waals surface area contributed by atoms with E-state index >= 15 is 0 Å². The minimum Gasteiger partial charge on any atom is -0.411 e. The molecular weight excluding hydrogens is 377 g/mol. The van der Waals surface area contributed by atoms with E-state index < -0.39 is 0 Å². The highest BCUT2D eigenvalue weighted by atomic mass is 35.5. The van der Waals surface area contributed by atoms with Gasteiger partial charge in [0, 0.05) is 17.1 Å². The van der Waals surface area contributed by atoms with Crippen LogP contribution < -0.4 is 5.32 Å². The smallest absolute Gasteiger partial charge is 0.277 e. The van der Waals surface area contributed by atoms with Crippen molar-refractivity contribution in [3.63, 3.8) is 0 Å². The molecule has 0 aliphatic carbocycles. The zero-order valence-electron chi connectivity index (χ0n) is 13.6. The predicted octanol–water partition coefficient (Wildman–Crippen LogP) is 3.98. The SMILES string of the molecule is O=C(CSc1nnc(-c2ccc(Cl)cc2)o1)NCCc1cccc(F)c1. The number of nitrogens with one attached hydrogen (secondary N) is 1. The van der Waals surface area contributed by atoms with Gasteiger partial charge in [0.05, 0.1) is 5.75 Å². The van der Waals surface area contributed by atoms with Crippen LogP contribution in [0.3, 0.4) is 0 Å². The van der Waals surface area contributed by atoms with Crippen LogP contribution in [0.1, 0.15) is 5.56 Å². The number of nitrogens with zero attached hydrogens (tertiary/aromatic N) is 2. The second kappa shape index (κ2) is 8.82. The molecule has 0 spiro atoms. The lowest BCUT2D eigenvalue weighted by Gasteiger charge is -2.04. The van der Waals surface area contributed by atoms with Crippen LogP contribution in [0.2, 0.25) is 5.02 Å². The summed E-state index contributed by atoms with van der Waals surface area (Å²) in [5, 5.41) is 11.6. The molecule has 0 fully saturated rings. The van der Waals surface area contributed by atoms with Crippen LogP contribution in [0.15, 0.2) is 58.2 Å². The Balaban J connectivity index is 1.44. The Hall–Kier alpha value is -2.38. The van der Waals surface area contributed by atoms with E-state index in [4.69, 9.17) is 16.0 Å². The molecule has 134 valence electrons. The third kappa shape index (κ3) is 5.31. The Kier molecular flexibility index (Phi) is 6.25. The standard InChI is InChI=1S/C18H15ClFN3O2S/c19-14-6-4-13(5-7-14)17-22-23-18(25-17)26-11-16(24)21-9-8-12-2-1-3-15(20)10-12/h1-7,10H,8-9,11H2,(H,21,24). The van der Waals surface area contributed by atoms with E-state index in [2.05, 4.69) is 15.5 Å². The largest absolute Gasteiger partial charge is 0.411 e. The molecule has 26 heavy (non-hydrogen) atoms. The Bertz CT molecular complexity index is 886.